The van der Waals surface area contributed by atoms with Gasteiger partial charge in [-0.1, -0.05) is 11.8 Å². The highest BCUT2D eigenvalue weighted by molar-refractivity contribution is 5.81. The molecule has 1 aromatic carbocycles. The lowest BCUT2D eigenvalue weighted by Crippen LogP contribution is -2.43. The predicted molar refractivity (Wildman–Crippen MR) is 83.0 cm³/mol. The number of halogens is 2. The van der Waals surface area contributed by atoms with Crippen LogP contribution in [-0.2, 0) is 14.3 Å². The third-order valence-corrected chi connectivity index (χ3v) is 2.64. The Balaban J connectivity index is 2.79. The van der Waals surface area contributed by atoms with Gasteiger partial charge in [-0.25, -0.2) is 18.4 Å². The van der Waals surface area contributed by atoms with Crippen LogP contribution in [0.2, 0.25) is 0 Å². The summed E-state index contributed by atoms with van der Waals surface area (Å²) in [6.07, 6.45) is -0.921. The van der Waals surface area contributed by atoms with Gasteiger partial charge in [0.2, 0.25) is 0 Å². The molecule has 0 radical (unpaired) electrons. The zero-order valence-electron chi connectivity index (χ0n) is 13.9. The highest BCUT2D eigenvalue weighted by Crippen LogP contribution is 2.09. The summed E-state index contributed by atoms with van der Waals surface area (Å²) in [5.41, 5.74) is -0.745. The molecule has 0 heterocycles. The lowest BCUT2D eigenvalue weighted by atomic mass is 10.1. The van der Waals surface area contributed by atoms with E-state index in [1.165, 1.54) is 13.2 Å². The van der Waals surface area contributed by atoms with E-state index in [1.807, 2.05) is 0 Å². The highest BCUT2D eigenvalue weighted by Gasteiger charge is 2.24. The average molecular weight is 339 g/mol. The molecule has 0 fully saturated rings. The fourth-order valence-corrected chi connectivity index (χ4v) is 1.62. The minimum absolute atomic E-state index is 0.0164. The van der Waals surface area contributed by atoms with Gasteiger partial charge in [-0.15, -0.1) is 0 Å². The Morgan fingerprint density at radius 2 is 1.96 bits per heavy atom. The van der Waals surface area contributed by atoms with Gasteiger partial charge >= 0.3 is 12.1 Å². The number of alkyl carbamates (subject to hydrolysis) is 1. The van der Waals surface area contributed by atoms with Crippen molar-refractivity contribution < 1.29 is 27.8 Å². The van der Waals surface area contributed by atoms with E-state index in [4.69, 9.17) is 4.74 Å². The van der Waals surface area contributed by atoms with Crippen molar-refractivity contribution in [2.75, 3.05) is 7.11 Å². The van der Waals surface area contributed by atoms with E-state index in [2.05, 4.69) is 21.9 Å². The molecular formula is C17H19F2NO4. The number of esters is 1. The van der Waals surface area contributed by atoms with Crippen molar-refractivity contribution in [3.8, 4) is 11.8 Å². The standard InChI is InChI=1S/C17H19F2NO4/c1-17(2,3)24-16(22)20-14(15(21)23-4)7-5-6-11-8-9-12(18)10-13(11)19/h8-10,14H,7H2,1-4H3,(H,20,22)/t14-/m1/s1. The van der Waals surface area contributed by atoms with Gasteiger partial charge in [0.05, 0.1) is 12.7 Å². The van der Waals surface area contributed by atoms with Gasteiger partial charge in [0.25, 0.3) is 0 Å². The Morgan fingerprint density at radius 1 is 1.29 bits per heavy atom. The van der Waals surface area contributed by atoms with Gasteiger partial charge in [-0.3, -0.25) is 0 Å². The van der Waals surface area contributed by atoms with Crippen molar-refractivity contribution in [1.82, 2.24) is 5.32 Å². The molecule has 0 unspecified atom stereocenters. The molecule has 0 bridgehead atoms. The maximum Gasteiger partial charge on any atom is 0.408 e. The van der Waals surface area contributed by atoms with Crippen LogP contribution in [0.1, 0.15) is 32.8 Å². The van der Waals surface area contributed by atoms with Crippen LogP contribution in [0.4, 0.5) is 13.6 Å². The largest absolute Gasteiger partial charge is 0.467 e. The number of ether oxygens (including phenoxy) is 2. The molecule has 1 N–H and O–H groups in total. The summed E-state index contributed by atoms with van der Waals surface area (Å²) < 4.78 is 35.9. The first-order valence-electron chi connectivity index (χ1n) is 7.13. The number of hydrogen-bond donors (Lipinski definition) is 1. The summed E-state index contributed by atoms with van der Waals surface area (Å²) in [6, 6.07) is 1.90. The first-order valence-corrected chi connectivity index (χ1v) is 7.13. The molecule has 0 saturated heterocycles. The predicted octanol–water partition coefficient (Wildman–Crippen LogP) is 2.77. The first kappa shape index (κ1) is 19.4. The van der Waals surface area contributed by atoms with Crippen molar-refractivity contribution in [3.63, 3.8) is 0 Å². The van der Waals surface area contributed by atoms with E-state index in [0.717, 1.165) is 6.07 Å². The van der Waals surface area contributed by atoms with Crippen molar-refractivity contribution in [2.45, 2.75) is 38.8 Å². The van der Waals surface area contributed by atoms with Crippen LogP contribution in [0.15, 0.2) is 18.2 Å². The van der Waals surface area contributed by atoms with Crippen LogP contribution in [0.5, 0.6) is 0 Å². The van der Waals surface area contributed by atoms with E-state index < -0.39 is 35.3 Å². The summed E-state index contributed by atoms with van der Waals surface area (Å²) in [4.78, 5) is 23.4. The van der Waals surface area contributed by atoms with Gasteiger partial charge in [0.15, 0.2) is 0 Å². The van der Waals surface area contributed by atoms with Crippen molar-refractivity contribution in [3.05, 3.63) is 35.4 Å². The van der Waals surface area contributed by atoms with Gasteiger partial charge in [-0.2, -0.15) is 0 Å². The third-order valence-electron chi connectivity index (χ3n) is 2.64. The number of carbonyl (C=O) groups excluding carboxylic acids is 2. The molecule has 24 heavy (non-hydrogen) atoms. The van der Waals surface area contributed by atoms with Gasteiger partial charge in [0.1, 0.15) is 23.3 Å². The third kappa shape index (κ3) is 6.65. The van der Waals surface area contributed by atoms with Crippen molar-refractivity contribution >= 4 is 12.1 Å². The van der Waals surface area contributed by atoms with E-state index in [1.54, 1.807) is 20.8 Å². The number of nitrogens with one attached hydrogen (secondary N) is 1. The highest BCUT2D eigenvalue weighted by atomic mass is 19.1. The Labute approximate surface area is 139 Å². The minimum Gasteiger partial charge on any atom is -0.467 e. The van der Waals surface area contributed by atoms with Crippen LogP contribution in [0.25, 0.3) is 0 Å². The van der Waals surface area contributed by atoms with E-state index >= 15 is 0 Å². The molecule has 0 spiro atoms. The lowest BCUT2D eigenvalue weighted by Gasteiger charge is -2.21. The summed E-state index contributed by atoms with van der Waals surface area (Å²) in [5.74, 6) is 2.81. The molecule has 0 aromatic heterocycles. The zero-order valence-corrected chi connectivity index (χ0v) is 13.9. The molecule has 0 aliphatic rings. The second kappa shape index (κ2) is 8.29. The number of hydrogen-bond acceptors (Lipinski definition) is 4. The molecule has 0 aliphatic carbocycles. The molecule has 1 aromatic rings. The first-order chi connectivity index (χ1) is 11.1. The maximum absolute atomic E-state index is 13.5. The van der Waals surface area contributed by atoms with E-state index in [-0.39, 0.29) is 12.0 Å². The fraction of sp³-hybridized carbons (Fsp3) is 0.412. The lowest BCUT2D eigenvalue weighted by molar-refractivity contribution is -0.143. The quantitative estimate of drug-likeness (QED) is 0.679. The van der Waals surface area contributed by atoms with Crippen LogP contribution in [0, 0.1) is 23.5 Å². The molecule has 0 aliphatic heterocycles. The normalized spacial score (nSPS) is 11.8. The maximum atomic E-state index is 13.5. The molecular weight excluding hydrogens is 320 g/mol. The second-order valence-electron chi connectivity index (χ2n) is 5.85. The number of rotatable bonds is 3. The number of benzene rings is 1. The topological polar surface area (TPSA) is 64.6 Å². The van der Waals surface area contributed by atoms with Crippen molar-refractivity contribution in [1.29, 1.82) is 0 Å². The fourth-order valence-electron chi connectivity index (χ4n) is 1.62. The molecule has 0 saturated carbocycles. The smallest absolute Gasteiger partial charge is 0.408 e. The molecule has 1 rings (SSSR count). The number of carbonyl (C=O) groups is 2. The molecule has 5 nitrogen and oxygen atoms in total. The van der Waals surface area contributed by atoms with Crippen LogP contribution >= 0.6 is 0 Å². The van der Waals surface area contributed by atoms with Crippen molar-refractivity contribution in [2.24, 2.45) is 0 Å². The Hall–Kier alpha value is -2.62. The van der Waals surface area contributed by atoms with Gasteiger partial charge < -0.3 is 14.8 Å². The molecule has 1 amide bonds. The Morgan fingerprint density at radius 3 is 2.50 bits per heavy atom. The van der Waals surface area contributed by atoms with Crippen LogP contribution in [0.3, 0.4) is 0 Å². The number of methoxy groups -OCH3 is 1. The van der Waals surface area contributed by atoms with E-state index in [9.17, 15) is 18.4 Å². The molecule has 130 valence electrons. The summed E-state index contributed by atoms with van der Waals surface area (Å²) in [5, 5.41) is 2.34. The Kier molecular flexibility index (Phi) is 6.71. The second-order valence-corrected chi connectivity index (χ2v) is 5.85. The van der Waals surface area contributed by atoms with E-state index in [0.29, 0.717) is 6.07 Å². The Bertz CT molecular complexity index is 671. The minimum atomic E-state index is -1.07. The summed E-state index contributed by atoms with van der Waals surface area (Å²) >= 11 is 0. The van der Waals surface area contributed by atoms with Gasteiger partial charge in [-0.05, 0) is 32.9 Å². The number of amides is 1. The van der Waals surface area contributed by atoms with Gasteiger partial charge in [0, 0.05) is 12.5 Å². The zero-order chi connectivity index (χ0) is 18.3. The summed E-state index contributed by atoms with van der Waals surface area (Å²) in [6.45, 7) is 5.03. The van der Waals surface area contributed by atoms with Crippen LogP contribution < -0.4 is 5.32 Å². The summed E-state index contributed by atoms with van der Waals surface area (Å²) in [7, 11) is 1.17. The molecule has 1 atom stereocenters. The monoisotopic (exact) mass is 339 g/mol. The molecule has 7 heteroatoms. The van der Waals surface area contributed by atoms with Crippen LogP contribution in [-0.4, -0.2) is 30.8 Å². The average Bonchev–Trinajstić information content (AvgIpc) is 2.45. The SMILES string of the molecule is COC(=O)[C@@H](CC#Cc1ccc(F)cc1F)NC(=O)OC(C)(C)C.